The molecule has 0 radical (unpaired) electrons. The lowest BCUT2D eigenvalue weighted by molar-refractivity contribution is -0.161. The van der Waals surface area contributed by atoms with Crippen molar-refractivity contribution in [2.75, 3.05) is 39.6 Å². The fraction of sp³-hybridized carbons (Fsp3) is 0.740. The number of phosphoric ester groups is 2. The molecule has 5 atom stereocenters. The zero-order chi connectivity index (χ0) is 70.4. The number of allylic oxidation sites excluding steroid dienone is 16. The van der Waals surface area contributed by atoms with E-state index in [0.717, 1.165) is 167 Å². The van der Waals surface area contributed by atoms with E-state index in [1.807, 2.05) is 0 Å². The van der Waals surface area contributed by atoms with E-state index in [-0.39, 0.29) is 25.7 Å². The van der Waals surface area contributed by atoms with Gasteiger partial charge in [0.2, 0.25) is 0 Å². The summed E-state index contributed by atoms with van der Waals surface area (Å²) in [5.41, 5.74) is 0. The van der Waals surface area contributed by atoms with Crippen LogP contribution >= 0.6 is 15.6 Å². The second kappa shape index (κ2) is 69.5. The minimum Gasteiger partial charge on any atom is -0.462 e. The quantitative estimate of drug-likeness (QED) is 0.0169. The van der Waals surface area contributed by atoms with E-state index in [2.05, 4.69) is 125 Å². The molecule has 0 saturated carbocycles. The number of aliphatic hydroxyl groups excluding tert-OH is 1. The summed E-state index contributed by atoms with van der Waals surface area (Å²) in [6, 6.07) is 0. The summed E-state index contributed by atoms with van der Waals surface area (Å²) in [6.45, 7) is 4.63. The van der Waals surface area contributed by atoms with Crippen LogP contribution in [0, 0.1) is 0 Å². The molecule has 0 aliphatic carbocycles. The number of aliphatic hydroxyl groups is 1. The fourth-order valence-electron chi connectivity index (χ4n) is 9.75. The van der Waals surface area contributed by atoms with Crippen LogP contribution in [0.3, 0.4) is 0 Å². The number of hydrogen-bond acceptors (Lipinski definition) is 15. The summed E-state index contributed by atoms with van der Waals surface area (Å²) in [5, 5.41) is 10.6. The maximum atomic E-state index is 13.0. The first-order valence-electron chi connectivity index (χ1n) is 37.5. The lowest BCUT2D eigenvalue weighted by Crippen LogP contribution is -2.30. The van der Waals surface area contributed by atoms with Gasteiger partial charge in [0, 0.05) is 25.7 Å². The molecule has 5 unspecified atom stereocenters. The van der Waals surface area contributed by atoms with Crippen LogP contribution in [0.15, 0.2) is 97.2 Å². The predicted octanol–water partition coefficient (Wildman–Crippen LogP) is 21.2. The van der Waals surface area contributed by atoms with Crippen molar-refractivity contribution in [1.29, 1.82) is 0 Å². The van der Waals surface area contributed by atoms with Gasteiger partial charge in [-0.05, 0) is 141 Å². The Morgan fingerprint density at radius 3 is 0.885 bits per heavy atom. The summed E-state index contributed by atoms with van der Waals surface area (Å²) in [7, 11) is -9.95. The first-order chi connectivity index (χ1) is 46.7. The lowest BCUT2D eigenvalue weighted by atomic mass is 10.1. The van der Waals surface area contributed by atoms with E-state index in [4.69, 9.17) is 37.0 Å². The van der Waals surface area contributed by atoms with E-state index in [0.29, 0.717) is 25.7 Å². The zero-order valence-electron chi connectivity index (χ0n) is 60.3. The summed E-state index contributed by atoms with van der Waals surface area (Å²) in [4.78, 5) is 72.7. The van der Waals surface area contributed by atoms with Gasteiger partial charge in [0.1, 0.15) is 19.3 Å². The van der Waals surface area contributed by atoms with Crippen LogP contribution in [0.5, 0.6) is 0 Å². The van der Waals surface area contributed by atoms with Crippen LogP contribution in [0.1, 0.15) is 310 Å². The van der Waals surface area contributed by atoms with Gasteiger partial charge in [0.25, 0.3) is 0 Å². The topological polar surface area (TPSA) is 237 Å². The summed E-state index contributed by atoms with van der Waals surface area (Å²) >= 11 is 0. The molecule has 0 aliphatic rings. The third-order valence-electron chi connectivity index (χ3n) is 15.5. The number of rotatable bonds is 70. The van der Waals surface area contributed by atoms with Gasteiger partial charge < -0.3 is 33.8 Å². The minimum atomic E-state index is -4.98. The Hall–Kier alpha value is -4.02. The average molecular weight is 1390 g/mol. The highest BCUT2D eigenvalue weighted by Crippen LogP contribution is 2.45. The van der Waals surface area contributed by atoms with E-state index >= 15 is 0 Å². The molecule has 0 bridgehead atoms. The molecule has 0 amide bonds. The Morgan fingerprint density at radius 1 is 0.302 bits per heavy atom. The van der Waals surface area contributed by atoms with Gasteiger partial charge in [-0.1, -0.05) is 240 Å². The fourth-order valence-corrected chi connectivity index (χ4v) is 11.3. The molecule has 0 saturated heterocycles. The third kappa shape index (κ3) is 68.5. The predicted molar refractivity (Wildman–Crippen MR) is 390 cm³/mol. The van der Waals surface area contributed by atoms with Crippen molar-refractivity contribution in [3.63, 3.8) is 0 Å². The van der Waals surface area contributed by atoms with Crippen molar-refractivity contribution in [1.82, 2.24) is 0 Å². The van der Waals surface area contributed by atoms with E-state index in [1.54, 1.807) is 0 Å². The molecule has 0 heterocycles. The van der Waals surface area contributed by atoms with Gasteiger partial charge in [-0.2, -0.15) is 0 Å². The molecule has 17 nitrogen and oxygen atoms in total. The van der Waals surface area contributed by atoms with E-state index < -0.39 is 97.5 Å². The van der Waals surface area contributed by atoms with Crippen molar-refractivity contribution in [2.24, 2.45) is 0 Å². The third-order valence-corrected chi connectivity index (χ3v) is 17.4. The molecule has 0 aliphatic heterocycles. The molecule has 0 rings (SSSR count). The van der Waals surface area contributed by atoms with Crippen LogP contribution < -0.4 is 0 Å². The van der Waals surface area contributed by atoms with Gasteiger partial charge in [0.15, 0.2) is 12.2 Å². The van der Waals surface area contributed by atoms with Gasteiger partial charge in [-0.15, -0.1) is 0 Å². The lowest BCUT2D eigenvalue weighted by Gasteiger charge is -2.21. The van der Waals surface area contributed by atoms with Gasteiger partial charge in [-0.3, -0.25) is 37.3 Å². The molecule has 0 aromatic heterocycles. The number of esters is 4. The Morgan fingerprint density at radius 2 is 0.552 bits per heavy atom. The Labute approximate surface area is 582 Å². The monoisotopic (exact) mass is 1390 g/mol. The standard InChI is InChI=1S/C77H134O17P2/c1-5-9-13-17-21-25-29-32-33-34-35-36-37-40-43-46-50-54-58-62-75(80)88-67-72(93-76(81)63-59-55-51-47-41-28-24-20-16-12-8-4)69-91-95(83,84)89-65-71(78)66-90-96(85,86)92-70-73(94-77(82)64-60-56-52-48-44-39-31-27-23-19-15-11-7-3)68-87-74(79)61-57-53-49-45-42-38-30-26-22-18-14-10-6-2/h9,13,20-21,24-27,30-33,35-36,40,43,71-73,78H,5-8,10-12,14-19,22-23,28-29,34,37-39,41-42,44-70H2,1-4H3,(H,83,84)(H,85,86)/b13-9-,24-20-,25-21-,30-26-,31-27-,33-32-,36-35-,43-40-. The second-order valence-corrected chi connectivity index (χ2v) is 27.8. The second-order valence-electron chi connectivity index (χ2n) is 24.8. The SMILES string of the molecule is CC/C=C\C/C=C\C/C=C\C/C=C\C/C=C\CCCCCC(=O)OCC(COP(=O)(O)OCC(O)COP(=O)(O)OCC(COC(=O)CCCCCCC/C=C\CCCCCC)OC(=O)CCCCCCC/C=C\CCCCCC)OC(=O)CCCCCCC/C=C\CCCC. The summed E-state index contributed by atoms with van der Waals surface area (Å²) in [5.74, 6) is -2.23. The number of unbranched alkanes of at least 4 members (excludes halogenated alkanes) is 28. The highest BCUT2D eigenvalue weighted by molar-refractivity contribution is 7.47. The summed E-state index contributed by atoms with van der Waals surface area (Å²) in [6.07, 6.45) is 71.2. The smallest absolute Gasteiger partial charge is 0.462 e. The van der Waals surface area contributed by atoms with E-state index in [9.17, 15) is 43.2 Å². The normalized spacial score (nSPS) is 14.5. The maximum Gasteiger partial charge on any atom is 0.472 e. The first kappa shape index (κ1) is 92.0. The molecule has 0 aromatic rings. The molecule has 0 aromatic carbocycles. The van der Waals surface area contributed by atoms with Crippen LogP contribution in [0.25, 0.3) is 0 Å². The molecule has 19 heteroatoms. The Bertz CT molecular complexity index is 2200. The molecular formula is C77H134O17P2. The number of ether oxygens (including phenoxy) is 4. The van der Waals surface area contributed by atoms with Crippen molar-refractivity contribution in [3.05, 3.63) is 97.2 Å². The first-order valence-corrected chi connectivity index (χ1v) is 40.5. The minimum absolute atomic E-state index is 0.0761. The molecule has 0 fully saturated rings. The molecule has 3 N–H and O–H groups in total. The largest absolute Gasteiger partial charge is 0.472 e. The molecule has 96 heavy (non-hydrogen) atoms. The number of carbonyl (C=O) groups is 4. The number of phosphoric acid groups is 2. The van der Waals surface area contributed by atoms with Crippen molar-refractivity contribution in [3.8, 4) is 0 Å². The van der Waals surface area contributed by atoms with Crippen molar-refractivity contribution >= 4 is 39.5 Å². The van der Waals surface area contributed by atoms with Crippen molar-refractivity contribution in [2.45, 2.75) is 329 Å². The number of carbonyl (C=O) groups excluding carboxylic acids is 4. The average Bonchev–Trinajstić information content (AvgIpc) is 1.11. The molecule has 0 spiro atoms. The van der Waals surface area contributed by atoms with Crippen LogP contribution in [-0.2, 0) is 65.4 Å². The molecular weight excluding hydrogens is 1260 g/mol. The van der Waals surface area contributed by atoms with Crippen molar-refractivity contribution < 1.29 is 80.2 Å². The highest BCUT2D eigenvalue weighted by atomic mass is 31.2. The Kier molecular flexibility index (Phi) is 66.6. The van der Waals surface area contributed by atoms with E-state index in [1.165, 1.54) is 64.2 Å². The zero-order valence-corrected chi connectivity index (χ0v) is 62.1. The van der Waals surface area contributed by atoms with Gasteiger partial charge in [-0.25, -0.2) is 9.13 Å². The van der Waals surface area contributed by atoms with Gasteiger partial charge >= 0.3 is 39.5 Å². The highest BCUT2D eigenvalue weighted by Gasteiger charge is 2.30. The van der Waals surface area contributed by atoms with Crippen LogP contribution in [0.4, 0.5) is 0 Å². The summed E-state index contributed by atoms with van der Waals surface area (Å²) < 4.78 is 68.3. The Balaban J connectivity index is 5.33. The van der Waals surface area contributed by atoms with Gasteiger partial charge in [0.05, 0.1) is 26.4 Å². The molecule has 554 valence electrons. The van der Waals surface area contributed by atoms with Crippen LogP contribution in [-0.4, -0.2) is 96.7 Å². The maximum absolute atomic E-state index is 13.0. The number of hydrogen-bond donors (Lipinski definition) is 3. The van der Waals surface area contributed by atoms with Crippen LogP contribution in [0.2, 0.25) is 0 Å².